The highest BCUT2D eigenvalue weighted by Gasteiger charge is 2.25. The molecular weight excluding hydrogens is 580 g/mol. The van der Waals surface area contributed by atoms with Gasteiger partial charge in [0.15, 0.2) is 5.75 Å². The summed E-state index contributed by atoms with van der Waals surface area (Å²) < 4.78 is 34.1. The van der Waals surface area contributed by atoms with Crippen molar-refractivity contribution in [2.75, 3.05) is 56.6 Å². The van der Waals surface area contributed by atoms with Gasteiger partial charge in [0.1, 0.15) is 5.69 Å². The Bertz CT molecular complexity index is 1630. The maximum absolute atomic E-state index is 13.7. The number of piperidine rings is 1. The molecule has 44 heavy (non-hydrogen) atoms. The number of carbonyl (C=O) groups excluding carboxylic acids is 2. The number of nitrogens with one attached hydrogen (secondary N) is 4. The number of nitrogens with zero attached hydrogens (tertiary/aromatic N) is 2. The van der Waals surface area contributed by atoms with Gasteiger partial charge in [-0.05, 0) is 61.2 Å². The largest absolute Gasteiger partial charge is 0.492 e. The Morgan fingerprint density at radius 3 is 2.45 bits per heavy atom. The van der Waals surface area contributed by atoms with Crippen LogP contribution in [-0.4, -0.2) is 76.3 Å². The summed E-state index contributed by atoms with van der Waals surface area (Å²) in [6, 6.07) is 11.3. The van der Waals surface area contributed by atoms with Crippen LogP contribution in [0.1, 0.15) is 55.2 Å². The number of anilines is 2. The normalized spacial score (nSPS) is 16.1. The van der Waals surface area contributed by atoms with Gasteiger partial charge < -0.3 is 30.2 Å². The van der Waals surface area contributed by atoms with Crippen LogP contribution in [0, 0.1) is 5.92 Å². The molecule has 240 valence electrons. The van der Waals surface area contributed by atoms with E-state index in [-0.39, 0.29) is 34.6 Å². The van der Waals surface area contributed by atoms with E-state index < -0.39 is 10.0 Å². The third kappa shape index (κ3) is 8.10. The highest BCUT2D eigenvalue weighted by atomic mass is 32.2. The Morgan fingerprint density at radius 2 is 1.80 bits per heavy atom. The number of aromatic nitrogens is 1. The molecular formula is C32H46N6O5S. The smallest absolute Gasteiger partial charge is 0.272 e. The monoisotopic (exact) mass is 626 g/mol. The molecule has 2 amide bonds. The van der Waals surface area contributed by atoms with Gasteiger partial charge in [0.2, 0.25) is 15.9 Å². The van der Waals surface area contributed by atoms with E-state index in [4.69, 9.17) is 4.74 Å². The number of rotatable bonds is 11. The minimum atomic E-state index is -3.60. The lowest BCUT2D eigenvalue weighted by Gasteiger charge is -2.28. The summed E-state index contributed by atoms with van der Waals surface area (Å²) in [4.78, 5) is 28.4. The zero-order valence-electron chi connectivity index (χ0n) is 26.8. The molecule has 1 aliphatic rings. The Morgan fingerprint density at radius 1 is 1.07 bits per heavy atom. The van der Waals surface area contributed by atoms with E-state index in [1.807, 2.05) is 62.7 Å². The summed E-state index contributed by atoms with van der Waals surface area (Å²) in [5.74, 6) is 0.0349. The van der Waals surface area contributed by atoms with Crippen LogP contribution in [0.5, 0.6) is 5.75 Å². The molecule has 0 saturated carbocycles. The fourth-order valence-corrected chi connectivity index (χ4v) is 6.27. The summed E-state index contributed by atoms with van der Waals surface area (Å²) in [5.41, 5.74) is 3.52. The van der Waals surface area contributed by atoms with Crippen molar-refractivity contribution >= 4 is 44.1 Å². The first-order valence-corrected chi connectivity index (χ1v) is 16.8. The van der Waals surface area contributed by atoms with E-state index in [1.54, 1.807) is 6.07 Å². The molecule has 2 aromatic carbocycles. The van der Waals surface area contributed by atoms with E-state index in [9.17, 15) is 18.0 Å². The number of fused-ring (bicyclic) bond motifs is 1. The van der Waals surface area contributed by atoms with Crippen molar-refractivity contribution in [3.63, 3.8) is 0 Å². The SMILES string of the molecule is COc1c(NC(=O)c2cc3cccc(CNCCNC(=O)C4CCCN(C)C4)c3n2C)cc(C(C)(C)C)cc1NS(C)(=O)=O. The molecule has 1 atom stereocenters. The second-order valence-corrected chi connectivity index (χ2v) is 14.4. The lowest BCUT2D eigenvalue weighted by atomic mass is 9.86. The number of ether oxygens (including phenoxy) is 1. The highest BCUT2D eigenvalue weighted by molar-refractivity contribution is 7.92. The molecule has 0 radical (unpaired) electrons. The van der Waals surface area contributed by atoms with Crippen molar-refractivity contribution < 1.29 is 22.7 Å². The average molecular weight is 627 g/mol. The maximum atomic E-state index is 13.7. The van der Waals surface area contributed by atoms with Crippen molar-refractivity contribution in [1.82, 2.24) is 20.1 Å². The molecule has 12 heteroatoms. The van der Waals surface area contributed by atoms with Crippen LogP contribution in [-0.2, 0) is 33.8 Å². The van der Waals surface area contributed by atoms with Crippen molar-refractivity contribution in [2.45, 2.75) is 45.6 Å². The van der Waals surface area contributed by atoms with Gasteiger partial charge in [-0.15, -0.1) is 0 Å². The Hall–Kier alpha value is -3.61. The van der Waals surface area contributed by atoms with E-state index in [2.05, 4.69) is 32.6 Å². The van der Waals surface area contributed by atoms with E-state index in [1.165, 1.54) is 7.11 Å². The standard InChI is InChI=1S/C32H46N6O5S/c1-32(2,3)24-17-25(29(43-6)26(18-24)36-44(7,41)42)35-31(40)27-16-21-10-8-11-22(28(21)38(27)5)19-33-13-14-34-30(39)23-12-9-15-37(4)20-23/h8,10-11,16-18,23,33,36H,9,12-15,19-20H2,1-7H3,(H,34,39)(H,35,40). The van der Waals surface area contributed by atoms with Crippen LogP contribution in [0.4, 0.5) is 11.4 Å². The highest BCUT2D eigenvalue weighted by Crippen LogP contribution is 2.39. The van der Waals surface area contributed by atoms with Crippen LogP contribution < -0.4 is 25.4 Å². The molecule has 0 aliphatic carbocycles. The number of methoxy groups -OCH3 is 1. The Labute approximate surface area is 260 Å². The number of amides is 2. The number of likely N-dealkylation sites (tertiary alicyclic amines) is 1. The molecule has 2 heterocycles. The van der Waals surface area contributed by atoms with Gasteiger partial charge in [0.05, 0.1) is 36.2 Å². The molecule has 0 bridgehead atoms. The molecule has 1 aromatic heterocycles. The fraction of sp³-hybridized carbons (Fsp3) is 0.500. The average Bonchev–Trinajstić information content (AvgIpc) is 3.28. The van der Waals surface area contributed by atoms with Crippen LogP contribution in [0.2, 0.25) is 0 Å². The lowest BCUT2D eigenvalue weighted by Crippen LogP contribution is -2.43. The van der Waals surface area contributed by atoms with Gasteiger partial charge in [-0.2, -0.15) is 0 Å². The minimum Gasteiger partial charge on any atom is -0.492 e. The first-order valence-electron chi connectivity index (χ1n) is 14.9. The predicted molar refractivity (Wildman–Crippen MR) is 176 cm³/mol. The van der Waals surface area contributed by atoms with Gasteiger partial charge in [0.25, 0.3) is 5.91 Å². The van der Waals surface area contributed by atoms with E-state index in [0.29, 0.717) is 31.0 Å². The zero-order chi connectivity index (χ0) is 32.2. The zero-order valence-corrected chi connectivity index (χ0v) is 27.7. The molecule has 4 N–H and O–H groups in total. The third-order valence-corrected chi connectivity index (χ3v) is 8.58. The molecule has 1 aliphatic heterocycles. The first-order chi connectivity index (χ1) is 20.7. The van der Waals surface area contributed by atoms with Gasteiger partial charge in [-0.1, -0.05) is 39.0 Å². The van der Waals surface area contributed by atoms with Crippen LogP contribution in [0.3, 0.4) is 0 Å². The van der Waals surface area contributed by atoms with Gasteiger partial charge in [0, 0.05) is 38.6 Å². The van der Waals surface area contributed by atoms with Crippen LogP contribution in [0.15, 0.2) is 36.4 Å². The van der Waals surface area contributed by atoms with Crippen molar-refractivity contribution in [2.24, 2.45) is 13.0 Å². The summed E-state index contributed by atoms with van der Waals surface area (Å²) in [6.45, 7) is 9.60. The summed E-state index contributed by atoms with van der Waals surface area (Å²) in [6.07, 6.45) is 3.05. The number of hydrogen-bond donors (Lipinski definition) is 4. The quantitative estimate of drug-likeness (QED) is 0.239. The summed E-state index contributed by atoms with van der Waals surface area (Å²) in [7, 11) is 1.74. The molecule has 11 nitrogen and oxygen atoms in total. The van der Waals surface area contributed by atoms with Crippen molar-refractivity contribution in [3.8, 4) is 5.75 Å². The van der Waals surface area contributed by atoms with Gasteiger partial charge >= 0.3 is 0 Å². The second kappa shape index (κ2) is 13.6. The Balaban J connectivity index is 1.49. The fourth-order valence-electron chi connectivity index (χ4n) is 5.72. The van der Waals surface area contributed by atoms with Crippen molar-refractivity contribution in [3.05, 3.63) is 53.2 Å². The lowest BCUT2D eigenvalue weighted by molar-refractivity contribution is -0.126. The molecule has 3 aromatic rings. The second-order valence-electron chi connectivity index (χ2n) is 12.7. The molecule has 1 saturated heterocycles. The minimum absolute atomic E-state index is 0.0499. The topological polar surface area (TPSA) is 134 Å². The van der Waals surface area contributed by atoms with E-state index in [0.717, 1.165) is 54.2 Å². The molecule has 4 rings (SSSR count). The summed E-state index contributed by atoms with van der Waals surface area (Å²) in [5, 5.41) is 10.3. The molecule has 1 fully saturated rings. The number of carbonyl (C=O) groups is 2. The number of aryl methyl sites for hydroxylation is 1. The molecule has 1 unspecified atom stereocenters. The van der Waals surface area contributed by atoms with Crippen LogP contribution >= 0.6 is 0 Å². The van der Waals surface area contributed by atoms with Crippen molar-refractivity contribution in [1.29, 1.82) is 0 Å². The molecule has 0 spiro atoms. The van der Waals surface area contributed by atoms with Gasteiger partial charge in [-0.25, -0.2) is 8.42 Å². The third-order valence-electron chi connectivity index (χ3n) is 7.99. The predicted octanol–water partition coefficient (Wildman–Crippen LogP) is 3.66. The van der Waals surface area contributed by atoms with Gasteiger partial charge in [-0.3, -0.25) is 14.3 Å². The number of para-hydroxylation sites is 1. The number of benzene rings is 2. The van der Waals surface area contributed by atoms with E-state index >= 15 is 0 Å². The first kappa shape index (κ1) is 33.3. The Kier molecular flexibility index (Phi) is 10.3. The van der Waals surface area contributed by atoms with Crippen LogP contribution in [0.25, 0.3) is 10.9 Å². The maximum Gasteiger partial charge on any atom is 0.272 e. The summed E-state index contributed by atoms with van der Waals surface area (Å²) >= 11 is 0. The number of hydrogen-bond acceptors (Lipinski definition) is 7. The number of sulfonamides is 1.